The molecule has 1 atom stereocenters. The molecule has 1 aromatic heterocycles. The van der Waals surface area contributed by atoms with Gasteiger partial charge in [-0.05, 0) is 42.0 Å². The maximum atomic E-state index is 5.63. The maximum absolute atomic E-state index is 5.63. The van der Waals surface area contributed by atoms with Crippen molar-refractivity contribution in [2.24, 2.45) is 5.84 Å². The molecule has 1 heterocycles. The maximum Gasteiger partial charge on any atom is 0.0463 e. The molecule has 2 rings (SSSR count). The average Bonchev–Trinajstić information content (AvgIpc) is 2.83. The van der Waals surface area contributed by atoms with Crippen molar-refractivity contribution < 1.29 is 0 Å². The van der Waals surface area contributed by atoms with Crippen LogP contribution in [0, 0.1) is 0 Å². The summed E-state index contributed by atoms with van der Waals surface area (Å²) in [4.78, 5) is 1.40. The molecule has 2 aromatic rings. The normalized spacial score (nSPS) is 12.6. The second kappa shape index (κ2) is 6.31. The molecule has 0 aliphatic rings. The number of benzene rings is 1. The minimum Gasteiger partial charge on any atom is -0.271 e. The van der Waals surface area contributed by atoms with E-state index in [1.807, 2.05) is 12.1 Å². The van der Waals surface area contributed by atoms with Crippen LogP contribution in [0.3, 0.4) is 0 Å². The molecule has 0 saturated heterocycles. The monoisotopic (exact) mass is 310 g/mol. The minimum atomic E-state index is 0.203. The number of nitrogens with one attached hydrogen (secondary N) is 1. The van der Waals surface area contributed by atoms with Crippen LogP contribution < -0.4 is 11.3 Å². The minimum absolute atomic E-state index is 0.203. The molecular weight excluding hydrogens is 296 g/mol. The van der Waals surface area contributed by atoms with Gasteiger partial charge in [0.25, 0.3) is 0 Å². The lowest BCUT2D eigenvalue weighted by Crippen LogP contribution is -2.28. The number of rotatable bonds is 5. The van der Waals surface area contributed by atoms with Crippen LogP contribution in [-0.2, 0) is 6.42 Å². The Labute approximate surface area is 114 Å². The summed E-state index contributed by atoms with van der Waals surface area (Å²) in [6.07, 6.45) is 2.06. The van der Waals surface area contributed by atoms with Gasteiger partial charge in [-0.1, -0.05) is 34.1 Å². The number of thiophene rings is 1. The summed E-state index contributed by atoms with van der Waals surface area (Å²) in [7, 11) is 0. The number of hydrogen-bond acceptors (Lipinski definition) is 3. The highest BCUT2D eigenvalue weighted by atomic mass is 79.9. The molecule has 0 bridgehead atoms. The van der Waals surface area contributed by atoms with E-state index in [9.17, 15) is 0 Å². The van der Waals surface area contributed by atoms with E-state index in [4.69, 9.17) is 5.84 Å². The van der Waals surface area contributed by atoms with E-state index >= 15 is 0 Å². The van der Waals surface area contributed by atoms with Crippen LogP contribution in [0.2, 0.25) is 0 Å². The van der Waals surface area contributed by atoms with Gasteiger partial charge in [-0.15, -0.1) is 11.3 Å². The predicted molar refractivity (Wildman–Crippen MR) is 76.8 cm³/mol. The van der Waals surface area contributed by atoms with E-state index in [-0.39, 0.29) is 6.04 Å². The van der Waals surface area contributed by atoms with Crippen molar-refractivity contribution in [1.29, 1.82) is 0 Å². The van der Waals surface area contributed by atoms with E-state index < -0.39 is 0 Å². The molecule has 1 aromatic carbocycles. The van der Waals surface area contributed by atoms with Gasteiger partial charge in [-0.3, -0.25) is 11.3 Å². The fourth-order valence-electron chi connectivity index (χ4n) is 1.81. The standard InChI is InChI=1S/C13H15BrN2S/c14-11-4-1-3-10(9-11)13(16-15)7-6-12-5-2-8-17-12/h1-5,8-9,13,16H,6-7,15H2. The molecule has 2 nitrogen and oxygen atoms in total. The molecule has 0 fully saturated rings. The zero-order valence-corrected chi connectivity index (χ0v) is 11.8. The number of aryl methyl sites for hydroxylation is 1. The molecule has 3 N–H and O–H groups in total. The largest absolute Gasteiger partial charge is 0.271 e. The Morgan fingerprint density at radius 1 is 1.29 bits per heavy atom. The smallest absolute Gasteiger partial charge is 0.0463 e. The third-order valence-corrected chi connectivity index (χ3v) is 4.14. The Kier molecular flexibility index (Phi) is 4.74. The highest BCUT2D eigenvalue weighted by Gasteiger charge is 2.10. The average molecular weight is 311 g/mol. The SMILES string of the molecule is NNC(CCc1cccs1)c1cccc(Br)c1. The lowest BCUT2D eigenvalue weighted by Gasteiger charge is -2.16. The topological polar surface area (TPSA) is 38.0 Å². The highest BCUT2D eigenvalue weighted by molar-refractivity contribution is 9.10. The molecule has 17 heavy (non-hydrogen) atoms. The van der Waals surface area contributed by atoms with Crippen LogP contribution in [0.1, 0.15) is 22.9 Å². The number of hydrogen-bond donors (Lipinski definition) is 2. The fraction of sp³-hybridized carbons (Fsp3) is 0.231. The van der Waals surface area contributed by atoms with Crippen LogP contribution in [0.5, 0.6) is 0 Å². The summed E-state index contributed by atoms with van der Waals surface area (Å²) < 4.78 is 1.09. The van der Waals surface area contributed by atoms with E-state index in [2.05, 4.69) is 51.0 Å². The summed E-state index contributed by atoms with van der Waals surface area (Å²) in [5.74, 6) is 5.63. The first-order valence-corrected chi connectivity index (χ1v) is 7.21. The summed E-state index contributed by atoms with van der Waals surface area (Å²) >= 11 is 5.28. The van der Waals surface area contributed by atoms with Crippen molar-refractivity contribution in [2.75, 3.05) is 0 Å². The summed E-state index contributed by atoms with van der Waals surface area (Å²) in [5.41, 5.74) is 4.11. The van der Waals surface area contributed by atoms with Crippen LogP contribution in [-0.4, -0.2) is 0 Å². The van der Waals surface area contributed by atoms with E-state index in [0.717, 1.165) is 17.3 Å². The first kappa shape index (κ1) is 12.8. The van der Waals surface area contributed by atoms with Gasteiger partial charge < -0.3 is 0 Å². The van der Waals surface area contributed by atoms with E-state index in [1.54, 1.807) is 11.3 Å². The van der Waals surface area contributed by atoms with Crippen molar-refractivity contribution in [3.8, 4) is 0 Å². The van der Waals surface area contributed by atoms with Gasteiger partial charge in [0.05, 0.1) is 0 Å². The molecule has 1 unspecified atom stereocenters. The van der Waals surface area contributed by atoms with E-state index in [0.29, 0.717) is 0 Å². The van der Waals surface area contributed by atoms with Gasteiger partial charge >= 0.3 is 0 Å². The fourth-order valence-corrected chi connectivity index (χ4v) is 2.95. The lowest BCUT2D eigenvalue weighted by atomic mass is 10.0. The Bertz CT molecular complexity index is 456. The van der Waals surface area contributed by atoms with Crippen LogP contribution in [0.25, 0.3) is 0 Å². The Morgan fingerprint density at radius 2 is 2.18 bits per heavy atom. The van der Waals surface area contributed by atoms with Gasteiger partial charge in [0, 0.05) is 15.4 Å². The Hall–Kier alpha value is -0.680. The van der Waals surface area contributed by atoms with Crippen LogP contribution >= 0.6 is 27.3 Å². The molecule has 0 aliphatic carbocycles. The number of hydrazine groups is 1. The van der Waals surface area contributed by atoms with Gasteiger partial charge in [0.15, 0.2) is 0 Å². The molecule has 0 spiro atoms. The summed E-state index contributed by atoms with van der Waals surface area (Å²) in [5, 5.41) is 2.11. The second-order valence-corrected chi connectivity index (χ2v) is 5.84. The number of halogens is 1. The molecule has 0 radical (unpaired) electrons. The van der Waals surface area contributed by atoms with Gasteiger partial charge in [-0.2, -0.15) is 0 Å². The predicted octanol–water partition coefficient (Wildman–Crippen LogP) is 3.65. The van der Waals surface area contributed by atoms with Gasteiger partial charge in [-0.25, -0.2) is 0 Å². The van der Waals surface area contributed by atoms with Crippen molar-refractivity contribution in [1.82, 2.24) is 5.43 Å². The Morgan fingerprint density at radius 3 is 2.82 bits per heavy atom. The first-order chi connectivity index (χ1) is 8.29. The molecule has 0 saturated carbocycles. The molecular formula is C13H15BrN2S. The van der Waals surface area contributed by atoms with Crippen LogP contribution in [0.15, 0.2) is 46.3 Å². The first-order valence-electron chi connectivity index (χ1n) is 5.53. The van der Waals surface area contributed by atoms with Crippen LogP contribution in [0.4, 0.5) is 0 Å². The lowest BCUT2D eigenvalue weighted by molar-refractivity contribution is 0.518. The van der Waals surface area contributed by atoms with Crippen molar-refractivity contribution in [3.63, 3.8) is 0 Å². The molecule has 90 valence electrons. The molecule has 4 heteroatoms. The zero-order chi connectivity index (χ0) is 12.1. The van der Waals surface area contributed by atoms with Gasteiger partial charge in [0.1, 0.15) is 0 Å². The molecule has 0 aliphatic heterocycles. The molecule has 0 amide bonds. The quantitative estimate of drug-likeness (QED) is 0.653. The highest BCUT2D eigenvalue weighted by Crippen LogP contribution is 2.22. The second-order valence-electron chi connectivity index (χ2n) is 3.89. The zero-order valence-electron chi connectivity index (χ0n) is 9.40. The third-order valence-electron chi connectivity index (χ3n) is 2.71. The van der Waals surface area contributed by atoms with Gasteiger partial charge in [0.2, 0.25) is 0 Å². The third kappa shape index (κ3) is 3.64. The number of nitrogens with two attached hydrogens (primary N) is 1. The van der Waals surface area contributed by atoms with Crippen molar-refractivity contribution in [2.45, 2.75) is 18.9 Å². The summed E-state index contributed by atoms with van der Waals surface area (Å²) in [6.45, 7) is 0. The van der Waals surface area contributed by atoms with E-state index in [1.165, 1.54) is 10.4 Å². The van der Waals surface area contributed by atoms with Crippen molar-refractivity contribution in [3.05, 3.63) is 56.7 Å². The Balaban J connectivity index is 2.01. The summed E-state index contributed by atoms with van der Waals surface area (Å²) in [6, 6.07) is 12.7. The van der Waals surface area contributed by atoms with Crippen molar-refractivity contribution >= 4 is 27.3 Å².